The number of methoxy groups -OCH3 is 1. The van der Waals surface area contributed by atoms with Gasteiger partial charge in [-0.1, -0.05) is 18.2 Å². The molecule has 1 aromatic heterocycles. The van der Waals surface area contributed by atoms with Gasteiger partial charge in [0.15, 0.2) is 0 Å². The van der Waals surface area contributed by atoms with Gasteiger partial charge in [-0.15, -0.1) is 0 Å². The fourth-order valence-electron chi connectivity index (χ4n) is 3.17. The molecule has 0 spiro atoms. The van der Waals surface area contributed by atoms with Crippen molar-refractivity contribution >= 4 is 11.8 Å². The van der Waals surface area contributed by atoms with Crippen LogP contribution in [0.2, 0.25) is 0 Å². The third-order valence-electron chi connectivity index (χ3n) is 4.58. The van der Waals surface area contributed by atoms with Crippen LogP contribution in [0.1, 0.15) is 22.3 Å². The van der Waals surface area contributed by atoms with Crippen LogP contribution in [-0.2, 0) is 11.2 Å². The fraction of sp³-hybridized carbons (Fsp3) is 0.350. The van der Waals surface area contributed by atoms with Crippen LogP contribution in [0.25, 0.3) is 0 Å². The Morgan fingerprint density at radius 1 is 1.04 bits per heavy atom. The second-order valence-corrected chi connectivity index (χ2v) is 6.26. The molecule has 0 unspecified atom stereocenters. The lowest BCUT2D eigenvalue weighted by Crippen LogP contribution is -2.38. The Hall–Kier alpha value is -2.89. The van der Waals surface area contributed by atoms with Crippen molar-refractivity contribution in [3.8, 4) is 5.75 Å². The monoisotopic (exact) mass is 353 g/mol. The van der Waals surface area contributed by atoms with Crippen LogP contribution in [0.3, 0.4) is 0 Å². The first-order valence-corrected chi connectivity index (χ1v) is 8.78. The van der Waals surface area contributed by atoms with E-state index in [4.69, 9.17) is 4.74 Å². The predicted octanol–water partition coefficient (Wildman–Crippen LogP) is 2.01. The molecule has 0 saturated carbocycles. The van der Waals surface area contributed by atoms with Crippen molar-refractivity contribution in [2.24, 2.45) is 0 Å². The Bertz CT molecular complexity index is 764. The summed E-state index contributed by atoms with van der Waals surface area (Å²) in [6.45, 7) is 2.38. The predicted molar refractivity (Wildman–Crippen MR) is 98.0 cm³/mol. The van der Waals surface area contributed by atoms with E-state index in [0.29, 0.717) is 38.2 Å². The highest BCUT2D eigenvalue weighted by Crippen LogP contribution is 2.19. The summed E-state index contributed by atoms with van der Waals surface area (Å²) in [7, 11) is 1.61. The molecule has 1 aromatic carbocycles. The smallest absolute Gasteiger partial charge is 0.255 e. The van der Waals surface area contributed by atoms with Crippen LogP contribution in [0.4, 0.5) is 0 Å². The van der Waals surface area contributed by atoms with Crippen LogP contribution < -0.4 is 4.74 Å². The fourth-order valence-corrected chi connectivity index (χ4v) is 3.17. The van der Waals surface area contributed by atoms with Gasteiger partial charge in [0.25, 0.3) is 5.91 Å². The topological polar surface area (TPSA) is 62.7 Å². The van der Waals surface area contributed by atoms with E-state index in [2.05, 4.69) is 4.98 Å². The first kappa shape index (κ1) is 17.9. The van der Waals surface area contributed by atoms with Crippen LogP contribution in [0, 0.1) is 0 Å². The maximum absolute atomic E-state index is 12.7. The van der Waals surface area contributed by atoms with Gasteiger partial charge in [-0.2, -0.15) is 0 Å². The lowest BCUT2D eigenvalue weighted by Gasteiger charge is -2.22. The van der Waals surface area contributed by atoms with Crippen molar-refractivity contribution in [2.45, 2.75) is 12.8 Å². The molecular formula is C20H23N3O3. The molecular weight excluding hydrogens is 330 g/mol. The molecule has 2 heterocycles. The van der Waals surface area contributed by atoms with Gasteiger partial charge in [-0.3, -0.25) is 14.6 Å². The van der Waals surface area contributed by atoms with Gasteiger partial charge in [0.2, 0.25) is 5.91 Å². The molecule has 1 aliphatic heterocycles. The lowest BCUT2D eigenvalue weighted by atomic mass is 10.1. The average Bonchev–Trinajstić information content (AvgIpc) is 2.95. The zero-order chi connectivity index (χ0) is 18.4. The van der Waals surface area contributed by atoms with Gasteiger partial charge >= 0.3 is 0 Å². The zero-order valence-electron chi connectivity index (χ0n) is 14.9. The molecule has 3 rings (SSSR count). The number of rotatable bonds is 4. The number of aromatic nitrogens is 1. The highest BCUT2D eigenvalue weighted by atomic mass is 16.5. The molecule has 0 atom stereocenters. The number of para-hydroxylation sites is 1. The Kier molecular flexibility index (Phi) is 5.84. The van der Waals surface area contributed by atoms with Crippen molar-refractivity contribution in [3.05, 3.63) is 59.9 Å². The summed E-state index contributed by atoms with van der Waals surface area (Å²) in [4.78, 5) is 32.9. The zero-order valence-corrected chi connectivity index (χ0v) is 14.9. The van der Waals surface area contributed by atoms with Crippen molar-refractivity contribution in [3.63, 3.8) is 0 Å². The van der Waals surface area contributed by atoms with Gasteiger partial charge in [-0.05, 0) is 24.6 Å². The first-order valence-electron chi connectivity index (χ1n) is 8.78. The largest absolute Gasteiger partial charge is 0.496 e. The average molecular weight is 353 g/mol. The standard InChI is InChI=1S/C20H23N3O3/c1-26-18-8-3-2-6-16(18)14-19(24)22-10-5-11-23(13-12-22)20(25)17-7-4-9-21-15-17/h2-4,6-9,15H,5,10-14H2,1H3. The summed E-state index contributed by atoms with van der Waals surface area (Å²) >= 11 is 0. The van der Waals surface area contributed by atoms with Crippen LogP contribution in [-0.4, -0.2) is 59.9 Å². The molecule has 0 radical (unpaired) electrons. The van der Waals surface area contributed by atoms with Crippen molar-refractivity contribution in [1.82, 2.24) is 14.8 Å². The highest BCUT2D eigenvalue weighted by molar-refractivity contribution is 5.94. The van der Waals surface area contributed by atoms with E-state index in [9.17, 15) is 9.59 Å². The van der Waals surface area contributed by atoms with E-state index in [0.717, 1.165) is 17.7 Å². The van der Waals surface area contributed by atoms with Gasteiger partial charge in [0.1, 0.15) is 5.75 Å². The molecule has 6 heteroatoms. The number of hydrogen-bond acceptors (Lipinski definition) is 4. The summed E-state index contributed by atoms with van der Waals surface area (Å²) in [5, 5.41) is 0. The van der Waals surface area contributed by atoms with Crippen molar-refractivity contribution in [1.29, 1.82) is 0 Å². The number of pyridine rings is 1. The number of amides is 2. The molecule has 6 nitrogen and oxygen atoms in total. The molecule has 0 bridgehead atoms. The summed E-state index contributed by atoms with van der Waals surface area (Å²) in [6.07, 6.45) is 4.31. The molecule has 2 aromatic rings. The molecule has 2 amide bonds. The number of carbonyl (C=O) groups is 2. The number of benzene rings is 1. The highest BCUT2D eigenvalue weighted by Gasteiger charge is 2.23. The summed E-state index contributed by atoms with van der Waals surface area (Å²) < 4.78 is 5.33. The van der Waals surface area contributed by atoms with E-state index >= 15 is 0 Å². The molecule has 1 aliphatic rings. The van der Waals surface area contributed by atoms with Gasteiger partial charge < -0.3 is 14.5 Å². The minimum absolute atomic E-state index is 0.0304. The van der Waals surface area contributed by atoms with Gasteiger partial charge in [0, 0.05) is 44.1 Å². The molecule has 1 fully saturated rings. The maximum Gasteiger partial charge on any atom is 0.255 e. The minimum atomic E-state index is -0.0304. The molecule has 26 heavy (non-hydrogen) atoms. The second kappa shape index (κ2) is 8.47. The Morgan fingerprint density at radius 3 is 2.58 bits per heavy atom. The van der Waals surface area contributed by atoms with E-state index in [1.165, 1.54) is 0 Å². The van der Waals surface area contributed by atoms with Gasteiger partial charge in [0.05, 0.1) is 19.1 Å². The summed E-state index contributed by atoms with van der Waals surface area (Å²) in [5.41, 5.74) is 1.47. The Labute approximate surface area is 153 Å². The molecule has 0 aliphatic carbocycles. The van der Waals surface area contributed by atoms with Crippen LogP contribution in [0.15, 0.2) is 48.8 Å². The first-order chi connectivity index (χ1) is 12.7. The van der Waals surface area contributed by atoms with E-state index in [1.807, 2.05) is 29.2 Å². The SMILES string of the molecule is COc1ccccc1CC(=O)N1CCCN(C(=O)c2cccnc2)CC1. The number of hydrogen-bond donors (Lipinski definition) is 0. The minimum Gasteiger partial charge on any atom is -0.496 e. The third kappa shape index (κ3) is 4.20. The maximum atomic E-state index is 12.7. The third-order valence-corrected chi connectivity index (χ3v) is 4.58. The van der Waals surface area contributed by atoms with Crippen molar-refractivity contribution in [2.75, 3.05) is 33.3 Å². The number of nitrogens with zero attached hydrogens (tertiary/aromatic N) is 3. The number of ether oxygens (including phenoxy) is 1. The van der Waals surface area contributed by atoms with Crippen LogP contribution in [0.5, 0.6) is 5.75 Å². The molecule has 136 valence electrons. The second-order valence-electron chi connectivity index (χ2n) is 6.26. The Morgan fingerprint density at radius 2 is 1.81 bits per heavy atom. The molecule has 1 saturated heterocycles. The molecule has 0 N–H and O–H groups in total. The van der Waals surface area contributed by atoms with E-state index in [-0.39, 0.29) is 11.8 Å². The van der Waals surface area contributed by atoms with Crippen molar-refractivity contribution < 1.29 is 14.3 Å². The quantitative estimate of drug-likeness (QED) is 0.843. The van der Waals surface area contributed by atoms with E-state index < -0.39 is 0 Å². The summed E-state index contributed by atoms with van der Waals surface area (Å²) in [6, 6.07) is 11.1. The van der Waals surface area contributed by atoms with Crippen LogP contribution >= 0.6 is 0 Å². The normalized spacial score (nSPS) is 14.7. The van der Waals surface area contributed by atoms with E-state index in [1.54, 1.807) is 36.5 Å². The Balaban J connectivity index is 1.61. The number of carbonyl (C=O) groups excluding carboxylic acids is 2. The lowest BCUT2D eigenvalue weighted by molar-refractivity contribution is -0.130. The summed E-state index contributed by atoms with van der Waals surface area (Å²) in [5.74, 6) is 0.756. The van der Waals surface area contributed by atoms with Gasteiger partial charge in [-0.25, -0.2) is 0 Å².